The molecule has 0 unspecified atom stereocenters. The van der Waals surface area contributed by atoms with E-state index in [1.165, 1.54) is 43.4 Å². The Morgan fingerprint density at radius 2 is 1.53 bits per heavy atom. The quantitative estimate of drug-likeness (QED) is 0.163. The van der Waals surface area contributed by atoms with Gasteiger partial charge in [0, 0.05) is 11.8 Å². The number of rotatable bonds is 15. The van der Waals surface area contributed by atoms with Crippen molar-refractivity contribution in [1.29, 1.82) is 0 Å². The number of aromatic nitrogens is 2. The first-order chi connectivity index (χ1) is 16.7. The zero-order chi connectivity index (χ0) is 24.0. The van der Waals surface area contributed by atoms with Crippen molar-refractivity contribution in [2.75, 3.05) is 13.2 Å². The van der Waals surface area contributed by atoms with E-state index in [1.54, 1.807) is 0 Å². The van der Waals surface area contributed by atoms with Crippen LogP contribution >= 0.6 is 11.3 Å². The molecule has 5 nitrogen and oxygen atoms in total. The fourth-order valence-electron chi connectivity index (χ4n) is 3.29. The van der Waals surface area contributed by atoms with Gasteiger partial charge in [0.05, 0.1) is 13.2 Å². The maximum absolute atomic E-state index is 5.87. The van der Waals surface area contributed by atoms with Gasteiger partial charge in [-0.05, 0) is 66.4 Å². The van der Waals surface area contributed by atoms with Crippen LogP contribution in [0.1, 0.15) is 71.3 Å². The van der Waals surface area contributed by atoms with E-state index in [0.717, 1.165) is 53.7 Å². The molecule has 1 atom stereocenters. The van der Waals surface area contributed by atoms with Crippen molar-refractivity contribution in [3.8, 4) is 22.1 Å². The normalized spacial score (nSPS) is 12.2. The van der Waals surface area contributed by atoms with Gasteiger partial charge < -0.3 is 9.47 Å². The van der Waals surface area contributed by atoms with E-state index >= 15 is 0 Å². The molecule has 0 saturated heterocycles. The lowest BCUT2D eigenvalue weighted by Crippen LogP contribution is -2.07. The average molecular weight is 480 g/mol. The predicted octanol–water partition coefficient (Wildman–Crippen LogP) is 8.12. The van der Waals surface area contributed by atoms with Crippen molar-refractivity contribution >= 4 is 22.7 Å². The van der Waals surface area contributed by atoms with Crippen molar-refractivity contribution in [1.82, 2.24) is 10.2 Å². The fourth-order valence-corrected chi connectivity index (χ4v) is 3.98. The minimum atomic E-state index is 0.557. The number of benzene rings is 2. The largest absolute Gasteiger partial charge is 0.494 e. The highest BCUT2D eigenvalue weighted by atomic mass is 32.1. The highest BCUT2D eigenvalue weighted by molar-refractivity contribution is 7.18. The molecule has 1 aromatic heterocycles. The third-order valence-electron chi connectivity index (χ3n) is 5.72. The Hall–Kier alpha value is -2.73. The molecule has 0 aliphatic heterocycles. The second kappa shape index (κ2) is 14.5. The van der Waals surface area contributed by atoms with E-state index < -0.39 is 0 Å². The smallest absolute Gasteiger partial charge is 0.231 e. The molecule has 182 valence electrons. The average Bonchev–Trinajstić information content (AvgIpc) is 3.35. The molecule has 0 saturated carbocycles. The van der Waals surface area contributed by atoms with E-state index in [0.29, 0.717) is 11.0 Å². The monoisotopic (exact) mass is 479 g/mol. The number of aliphatic imine (C=N–C) groups is 1. The topological polar surface area (TPSA) is 56.6 Å². The summed E-state index contributed by atoms with van der Waals surface area (Å²) in [5.41, 5.74) is 2.02. The molecule has 6 heteroatoms. The van der Waals surface area contributed by atoms with Gasteiger partial charge in [-0.1, -0.05) is 70.6 Å². The first-order valence-corrected chi connectivity index (χ1v) is 13.3. The van der Waals surface area contributed by atoms with E-state index in [9.17, 15) is 0 Å². The third-order valence-corrected chi connectivity index (χ3v) is 6.60. The molecule has 0 aliphatic rings. The molecule has 1 heterocycles. The van der Waals surface area contributed by atoms with Gasteiger partial charge in [-0.25, -0.2) is 4.99 Å². The Bertz CT molecular complexity index is 984. The van der Waals surface area contributed by atoms with E-state index in [1.807, 2.05) is 54.7 Å². The van der Waals surface area contributed by atoms with E-state index in [2.05, 4.69) is 36.0 Å². The Morgan fingerprint density at radius 1 is 0.853 bits per heavy atom. The zero-order valence-electron chi connectivity index (χ0n) is 20.7. The van der Waals surface area contributed by atoms with Crippen LogP contribution in [-0.2, 0) is 0 Å². The van der Waals surface area contributed by atoms with Gasteiger partial charge in [-0.2, -0.15) is 0 Å². The molecule has 3 rings (SSSR count). The number of hydrogen-bond acceptors (Lipinski definition) is 6. The molecule has 2 aromatic carbocycles. The van der Waals surface area contributed by atoms with Crippen molar-refractivity contribution < 1.29 is 9.47 Å². The summed E-state index contributed by atoms with van der Waals surface area (Å²) in [6.45, 7) is 8.12. The van der Waals surface area contributed by atoms with Gasteiger partial charge >= 0.3 is 0 Å². The molecule has 0 radical (unpaired) electrons. The lowest BCUT2D eigenvalue weighted by Gasteiger charge is -2.10. The lowest BCUT2D eigenvalue weighted by molar-refractivity contribution is 0.256. The molecule has 0 bridgehead atoms. The van der Waals surface area contributed by atoms with Crippen molar-refractivity contribution in [3.63, 3.8) is 0 Å². The Morgan fingerprint density at radius 3 is 2.26 bits per heavy atom. The van der Waals surface area contributed by atoms with Gasteiger partial charge in [0.2, 0.25) is 5.13 Å². The van der Waals surface area contributed by atoms with Crippen LogP contribution in [0, 0.1) is 5.92 Å². The highest BCUT2D eigenvalue weighted by Crippen LogP contribution is 2.29. The number of hydrogen-bond donors (Lipinski definition) is 0. The van der Waals surface area contributed by atoms with Crippen LogP contribution < -0.4 is 9.47 Å². The summed E-state index contributed by atoms with van der Waals surface area (Å²) < 4.78 is 11.7. The summed E-state index contributed by atoms with van der Waals surface area (Å²) in [4.78, 5) is 4.49. The maximum atomic E-state index is 5.87. The van der Waals surface area contributed by atoms with Gasteiger partial charge in [0.1, 0.15) is 16.5 Å². The second-order valence-corrected chi connectivity index (χ2v) is 9.64. The summed E-state index contributed by atoms with van der Waals surface area (Å²) >= 11 is 1.47. The van der Waals surface area contributed by atoms with Crippen LogP contribution in [0.25, 0.3) is 10.6 Å². The molecule has 3 aromatic rings. The molecule has 0 N–H and O–H groups in total. The Kier molecular flexibility index (Phi) is 11.0. The van der Waals surface area contributed by atoms with Crippen LogP contribution in [0.3, 0.4) is 0 Å². The summed E-state index contributed by atoms with van der Waals surface area (Å²) in [6, 6.07) is 16.0. The summed E-state index contributed by atoms with van der Waals surface area (Å²) in [5, 5.41) is 9.99. The Balaban J connectivity index is 1.46. The summed E-state index contributed by atoms with van der Waals surface area (Å²) in [5.74, 6) is 2.34. The van der Waals surface area contributed by atoms with Crippen LogP contribution in [0.5, 0.6) is 11.5 Å². The standard InChI is InChI=1S/C28H37N3O2S/c1-4-6-7-8-9-10-19-32-25-17-13-24(14-18-25)27-30-31-28(34-27)29-20-23-11-15-26(16-12-23)33-21-22(3)5-2/h11-18,20,22H,4-10,19,21H2,1-3H3/b29-20+/t22-/m1/s1. The number of unbranched alkanes of at least 4 members (excludes halogenated alkanes) is 5. The third kappa shape index (κ3) is 8.90. The highest BCUT2D eigenvalue weighted by Gasteiger charge is 2.06. The van der Waals surface area contributed by atoms with Crippen molar-refractivity contribution in [2.45, 2.75) is 65.7 Å². The molecule has 0 aliphatic carbocycles. The van der Waals surface area contributed by atoms with E-state index in [4.69, 9.17) is 9.47 Å². The lowest BCUT2D eigenvalue weighted by atomic mass is 10.1. The first-order valence-electron chi connectivity index (χ1n) is 12.5. The first kappa shape index (κ1) is 25.9. The SMILES string of the molecule is CCCCCCCCOc1ccc(-c2nnc(/N=C/c3ccc(OC[C@H](C)CC)cc3)s2)cc1. The predicted molar refractivity (Wildman–Crippen MR) is 143 cm³/mol. The van der Waals surface area contributed by atoms with Crippen LogP contribution in [-0.4, -0.2) is 29.6 Å². The van der Waals surface area contributed by atoms with Gasteiger partial charge in [0.15, 0.2) is 0 Å². The summed E-state index contributed by atoms with van der Waals surface area (Å²) in [6.07, 6.45) is 10.5. The van der Waals surface area contributed by atoms with Crippen molar-refractivity contribution in [3.05, 3.63) is 54.1 Å². The van der Waals surface area contributed by atoms with Gasteiger partial charge in [0.25, 0.3) is 0 Å². The number of ether oxygens (including phenoxy) is 2. The molecular weight excluding hydrogens is 442 g/mol. The summed E-state index contributed by atoms with van der Waals surface area (Å²) in [7, 11) is 0. The molecule has 0 fully saturated rings. The number of nitrogens with zero attached hydrogens (tertiary/aromatic N) is 3. The maximum Gasteiger partial charge on any atom is 0.231 e. The minimum Gasteiger partial charge on any atom is -0.494 e. The minimum absolute atomic E-state index is 0.557. The molecule has 0 amide bonds. The molecular formula is C28H37N3O2S. The van der Waals surface area contributed by atoms with Crippen LogP contribution in [0.15, 0.2) is 53.5 Å². The van der Waals surface area contributed by atoms with Gasteiger partial charge in [-0.3, -0.25) is 0 Å². The zero-order valence-corrected chi connectivity index (χ0v) is 21.5. The molecule has 0 spiro atoms. The second-order valence-electron chi connectivity index (χ2n) is 8.68. The van der Waals surface area contributed by atoms with Gasteiger partial charge in [-0.15, -0.1) is 10.2 Å². The van der Waals surface area contributed by atoms with Crippen LogP contribution in [0.2, 0.25) is 0 Å². The van der Waals surface area contributed by atoms with Crippen molar-refractivity contribution in [2.24, 2.45) is 10.9 Å². The fraction of sp³-hybridized carbons (Fsp3) is 0.464. The van der Waals surface area contributed by atoms with E-state index in [-0.39, 0.29) is 0 Å². The molecule has 34 heavy (non-hydrogen) atoms. The van der Waals surface area contributed by atoms with Crippen LogP contribution in [0.4, 0.5) is 5.13 Å². The Labute approximate surface area is 208 Å².